The molecule has 0 aliphatic carbocycles. The van der Waals surface area contributed by atoms with E-state index in [1.54, 1.807) is 21.3 Å². The molecule has 5 nitrogen and oxygen atoms in total. The van der Waals surface area contributed by atoms with Crippen molar-refractivity contribution in [2.45, 2.75) is 0 Å². The van der Waals surface area contributed by atoms with E-state index in [4.69, 9.17) is 38.0 Å². The van der Waals surface area contributed by atoms with Gasteiger partial charge >= 0.3 is 0 Å². The van der Waals surface area contributed by atoms with Crippen LogP contribution in [0.3, 0.4) is 0 Å². The summed E-state index contributed by atoms with van der Waals surface area (Å²) in [7, 11) is 4.80. The maximum atomic E-state index is 6.11. The van der Waals surface area contributed by atoms with Crippen LogP contribution in [-0.4, -0.2) is 57.4 Å². The van der Waals surface area contributed by atoms with Gasteiger partial charge in [0.15, 0.2) is 11.5 Å². The van der Waals surface area contributed by atoms with Crippen LogP contribution in [0.25, 0.3) is 0 Å². The molecule has 0 atom stereocenters. The van der Waals surface area contributed by atoms with Crippen molar-refractivity contribution >= 4 is 34.5 Å². The van der Waals surface area contributed by atoms with Crippen LogP contribution < -0.4 is 19.1 Å². The monoisotopic (exact) mass is 406 g/mol. The first-order chi connectivity index (χ1) is 13.1. The smallest absolute Gasteiger partial charge is 0.203 e. The molecule has 1 aliphatic heterocycles. The Labute approximate surface area is 170 Å². The molecule has 0 amide bonds. The molecule has 3 rings (SSSR count). The van der Waals surface area contributed by atoms with E-state index in [9.17, 15) is 0 Å². The lowest BCUT2D eigenvalue weighted by Crippen LogP contribution is -2.48. The predicted molar refractivity (Wildman–Crippen MR) is 113 cm³/mol. The summed E-state index contributed by atoms with van der Waals surface area (Å²) in [4.78, 5) is 5.30. The van der Waals surface area contributed by atoms with Crippen molar-refractivity contribution in [1.82, 2.24) is 4.90 Å². The molecule has 0 aromatic heterocycles. The molecule has 0 unspecified atom stereocenters. The van der Waals surface area contributed by atoms with Crippen LogP contribution in [0.4, 0.5) is 5.69 Å². The number of rotatable bonds is 5. The number of hydrogen-bond donors (Lipinski definition) is 0. The predicted octanol–water partition coefficient (Wildman–Crippen LogP) is 3.86. The number of halogens is 1. The average molecular weight is 407 g/mol. The molecule has 1 fully saturated rings. The molecule has 0 saturated carbocycles. The van der Waals surface area contributed by atoms with Gasteiger partial charge in [-0.1, -0.05) is 29.9 Å². The van der Waals surface area contributed by atoms with E-state index in [0.717, 1.165) is 47.4 Å². The highest BCUT2D eigenvalue weighted by Gasteiger charge is 2.22. The topological polar surface area (TPSA) is 34.2 Å². The lowest BCUT2D eigenvalue weighted by Gasteiger charge is -2.37. The zero-order valence-electron chi connectivity index (χ0n) is 15.7. The average Bonchev–Trinajstić information content (AvgIpc) is 2.72. The summed E-state index contributed by atoms with van der Waals surface area (Å²) in [5, 5.41) is 0.753. The van der Waals surface area contributed by atoms with Gasteiger partial charge in [-0.05, 0) is 30.3 Å². The zero-order chi connectivity index (χ0) is 19.4. The van der Waals surface area contributed by atoms with Gasteiger partial charge in [0.2, 0.25) is 5.75 Å². The Bertz CT molecular complexity index is 798. The summed E-state index contributed by atoms with van der Waals surface area (Å²) in [5.41, 5.74) is 2.02. The van der Waals surface area contributed by atoms with Crippen molar-refractivity contribution in [3.05, 3.63) is 47.0 Å². The lowest BCUT2D eigenvalue weighted by molar-refractivity contribution is 0.324. The van der Waals surface area contributed by atoms with Gasteiger partial charge in [0.1, 0.15) is 4.99 Å². The van der Waals surface area contributed by atoms with E-state index < -0.39 is 0 Å². The molecule has 7 heteroatoms. The van der Waals surface area contributed by atoms with Crippen LogP contribution in [-0.2, 0) is 0 Å². The second-order valence-corrected chi connectivity index (χ2v) is 7.00. The van der Waals surface area contributed by atoms with Crippen LogP contribution in [0.2, 0.25) is 5.02 Å². The number of ether oxygens (including phenoxy) is 3. The first-order valence-electron chi connectivity index (χ1n) is 8.67. The maximum absolute atomic E-state index is 6.11. The third kappa shape index (κ3) is 4.22. The molecular weight excluding hydrogens is 384 g/mol. The quantitative estimate of drug-likeness (QED) is 0.701. The second-order valence-electron chi connectivity index (χ2n) is 6.17. The number of hydrogen-bond acceptors (Lipinski definition) is 5. The minimum absolute atomic E-state index is 0.567. The van der Waals surface area contributed by atoms with Gasteiger partial charge in [-0.2, -0.15) is 0 Å². The largest absolute Gasteiger partial charge is 0.493 e. The highest BCUT2D eigenvalue weighted by atomic mass is 35.5. The fraction of sp³-hybridized carbons (Fsp3) is 0.350. The molecule has 2 aromatic rings. The normalized spacial score (nSPS) is 14.1. The lowest BCUT2D eigenvalue weighted by atomic mass is 10.1. The van der Waals surface area contributed by atoms with Gasteiger partial charge in [0.25, 0.3) is 0 Å². The molecular formula is C20H23ClN2O3S. The molecule has 1 heterocycles. The number of benzene rings is 2. The Balaban J connectivity index is 1.74. The van der Waals surface area contributed by atoms with Crippen molar-refractivity contribution in [2.24, 2.45) is 0 Å². The summed E-state index contributed by atoms with van der Waals surface area (Å²) in [6.45, 7) is 3.43. The maximum Gasteiger partial charge on any atom is 0.203 e. The molecule has 1 saturated heterocycles. The van der Waals surface area contributed by atoms with Crippen molar-refractivity contribution in [2.75, 3.05) is 52.4 Å². The summed E-state index contributed by atoms with van der Waals surface area (Å²) >= 11 is 11.9. The summed E-state index contributed by atoms with van der Waals surface area (Å²) in [6.07, 6.45) is 0. The summed E-state index contributed by atoms with van der Waals surface area (Å²) in [6, 6.07) is 11.7. The van der Waals surface area contributed by atoms with Crippen LogP contribution in [0.1, 0.15) is 5.56 Å². The standard InChI is InChI=1S/C20H23ClN2O3S/c1-24-17-11-14(12-18(25-2)19(17)26-3)20(27)23-9-7-22(8-10-23)16-6-4-5-15(21)13-16/h4-6,11-13H,7-10H2,1-3H3. The molecule has 144 valence electrons. The van der Waals surface area contributed by atoms with Crippen LogP contribution in [0.15, 0.2) is 36.4 Å². The number of anilines is 1. The first-order valence-corrected chi connectivity index (χ1v) is 9.45. The molecule has 27 heavy (non-hydrogen) atoms. The first kappa shape index (κ1) is 19.6. The fourth-order valence-electron chi connectivity index (χ4n) is 3.23. The third-order valence-corrected chi connectivity index (χ3v) is 5.38. The van der Waals surface area contributed by atoms with E-state index in [2.05, 4.69) is 15.9 Å². The van der Waals surface area contributed by atoms with Gasteiger partial charge in [-0.15, -0.1) is 0 Å². The number of thiocarbonyl (C=S) groups is 1. The Kier molecular flexibility index (Phi) is 6.29. The summed E-state index contributed by atoms with van der Waals surface area (Å²) < 4.78 is 16.3. The highest BCUT2D eigenvalue weighted by molar-refractivity contribution is 7.80. The van der Waals surface area contributed by atoms with E-state index in [-0.39, 0.29) is 0 Å². The van der Waals surface area contributed by atoms with Gasteiger partial charge in [-0.3, -0.25) is 0 Å². The van der Waals surface area contributed by atoms with Crippen molar-refractivity contribution < 1.29 is 14.2 Å². The van der Waals surface area contributed by atoms with Crippen LogP contribution >= 0.6 is 23.8 Å². The van der Waals surface area contributed by atoms with Crippen molar-refractivity contribution in [3.8, 4) is 17.2 Å². The molecule has 0 spiro atoms. The van der Waals surface area contributed by atoms with Crippen molar-refractivity contribution in [3.63, 3.8) is 0 Å². The van der Waals surface area contributed by atoms with Gasteiger partial charge < -0.3 is 24.0 Å². The van der Waals surface area contributed by atoms with Gasteiger partial charge in [0.05, 0.1) is 21.3 Å². The number of methoxy groups -OCH3 is 3. The van der Waals surface area contributed by atoms with E-state index in [1.165, 1.54) is 0 Å². The Morgan fingerprint density at radius 3 is 2.07 bits per heavy atom. The summed E-state index contributed by atoms with van der Waals surface area (Å²) in [5.74, 6) is 1.77. The Morgan fingerprint density at radius 1 is 0.926 bits per heavy atom. The molecule has 0 bridgehead atoms. The van der Waals surface area contributed by atoms with Crippen molar-refractivity contribution in [1.29, 1.82) is 0 Å². The minimum Gasteiger partial charge on any atom is -0.493 e. The van der Waals surface area contributed by atoms with Crippen LogP contribution in [0, 0.1) is 0 Å². The molecule has 2 aromatic carbocycles. The van der Waals surface area contributed by atoms with Crippen LogP contribution in [0.5, 0.6) is 17.2 Å². The Morgan fingerprint density at radius 2 is 1.56 bits per heavy atom. The number of piperazine rings is 1. The Hall–Kier alpha value is -2.18. The van der Waals surface area contributed by atoms with E-state index >= 15 is 0 Å². The zero-order valence-corrected chi connectivity index (χ0v) is 17.3. The van der Waals surface area contributed by atoms with Gasteiger partial charge in [-0.25, -0.2) is 0 Å². The minimum atomic E-state index is 0.567. The fourth-order valence-corrected chi connectivity index (χ4v) is 3.71. The second kappa shape index (κ2) is 8.67. The van der Waals surface area contributed by atoms with E-state index in [1.807, 2.05) is 30.3 Å². The van der Waals surface area contributed by atoms with Gasteiger partial charge in [0, 0.05) is 42.5 Å². The molecule has 0 N–H and O–H groups in total. The number of nitrogens with zero attached hydrogens (tertiary/aromatic N) is 2. The third-order valence-electron chi connectivity index (χ3n) is 4.65. The molecule has 1 aliphatic rings. The highest BCUT2D eigenvalue weighted by Crippen LogP contribution is 2.38. The SMILES string of the molecule is COc1cc(C(=S)N2CCN(c3cccc(Cl)c3)CC2)cc(OC)c1OC. The molecule has 0 radical (unpaired) electrons. The van der Waals surface area contributed by atoms with E-state index in [0.29, 0.717) is 17.2 Å².